The normalized spacial score (nSPS) is 18.3. The highest BCUT2D eigenvalue weighted by Gasteiger charge is 2.14. The smallest absolute Gasteiger partial charge is 0.140 e. The molecule has 0 radical (unpaired) electrons. The van der Waals surface area contributed by atoms with Crippen molar-refractivity contribution in [2.24, 2.45) is 0 Å². The van der Waals surface area contributed by atoms with Crippen molar-refractivity contribution in [3.8, 4) is 0 Å². The molecule has 0 saturated heterocycles. The topological polar surface area (TPSA) is 29.0 Å². The number of nitrogens with zero attached hydrogens (tertiary/aromatic N) is 3. The van der Waals surface area contributed by atoms with E-state index >= 15 is 0 Å². The number of hydrogen-bond acceptors (Lipinski definition) is 4. The molecular formula is C10H15N3S. The largest absolute Gasteiger partial charge is 0.299 e. The molecule has 1 aromatic heterocycles. The zero-order valence-corrected chi connectivity index (χ0v) is 9.47. The van der Waals surface area contributed by atoms with E-state index in [-0.39, 0.29) is 0 Å². The number of aryl methyl sites for hydroxylation is 1. The van der Waals surface area contributed by atoms with Crippen LogP contribution in [-0.2, 0) is 0 Å². The average Bonchev–Trinajstić information content (AvgIpc) is 2.65. The third-order valence-corrected chi connectivity index (χ3v) is 3.36. The molecule has 0 amide bonds. The van der Waals surface area contributed by atoms with Crippen molar-refractivity contribution >= 4 is 17.1 Å². The molecule has 0 N–H and O–H groups in total. The number of hydrogen-bond donors (Lipinski definition) is 0. The Hall–Kier alpha value is -0.740. The molecule has 2 rings (SSSR count). The Morgan fingerprint density at radius 1 is 1.57 bits per heavy atom. The second kappa shape index (κ2) is 4.19. The van der Waals surface area contributed by atoms with Gasteiger partial charge in [0, 0.05) is 13.1 Å². The zero-order chi connectivity index (χ0) is 9.97. The fraction of sp³-hybridized carbons (Fsp3) is 0.600. The lowest BCUT2D eigenvalue weighted by Crippen LogP contribution is -2.29. The quantitative estimate of drug-likeness (QED) is 0.745. The maximum absolute atomic E-state index is 4.42. The minimum Gasteiger partial charge on any atom is -0.299 e. The molecule has 4 heteroatoms. The molecule has 0 bridgehead atoms. The predicted octanol–water partition coefficient (Wildman–Crippen LogP) is 1.96. The monoisotopic (exact) mass is 209 g/mol. The minimum atomic E-state index is 0.888. The van der Waals surface area contributed by atoms with Crippen molar-refractivity contribution in [3.05, 3.63) is 16.9 Å². The van der Waals surface area contributed by atoms with Crippen LogP contribution in [0, 0.1) is 6.92 Å². The standard InChI is InChI=1S/C10H15N3S/c1-3-13-6-4-5-9(7-13)10-11-8(2)12-14-10/h5H,3-4,6-7H2,1-2H3. The van der Waals surface area contributed by atoms with Crippen molar-refractivity contribution in [2.45, 2.75) is 20.3 Å². The third-order valence-electron chi connectivity index (χ3n) is 2.48. The van der Waals surface area contributed by atoms with Gasteiger partial charge in [-0.3, -0.25) is 4.90 Å². The van der Waals surface area contributed by atoms with Crippen molar-refractivity contribution in [3.63, 3.8) is 0 Å². The maximum atomic E-state index is 4.42. The number of aromatic nitrogens is 2. The third kappa shape index (κ3) is 2.01. The van der Waals surface area contributed by atoms with Crippen LogP contribution in [0.1, 0.15) is 24.2 Å². The van der Waals surface area contributed by atoms with Gasteiger partial charge in [-0.1, -0.05) is 13.0 Å². The van der Waals surface area contributed by atoms with Gasteiger partial charge in [-0.05, 0) is 37.0 Å². The SMILES string of the molecule is CCN1CCC=C(c2nc(C)ns2)C1. The van der Waals surface area contributed by atoms with E-state index in [0.29, 0.717) is 0 Å². The second-order valence-corrected chi connectivity index (χ2v) is 4.29. The summed E-state index contributed by atoms with van der Waals surface area (Å²) in [6.45, 7) is 7.48. The van der Waals surface area contributed by atoms with Gasteiger partial charge >= 0.3 is 0 Å². The summed E-state index contributed by atoms with van der Waals surface area (Å²) >= 11 is 1.51. The van der Waals surface area contributed by atoms with Gasteiger partial charge in [0.15, 0.2) is 0 Å². The summed E-state index contributed by atoms with van der Waals surface area (Å²) in [7, 11) is 0. The van der Waals surface area contributed by atoms with Crippen LogP contribution in [0.2, 0.25) is 0 Å². The molecule has 0 unspecified atom stereocenters. The summed E-state index contributed by atoms with van der Waals surface area (Å²) in [6, 6.07) is 0. The van der Waals surface area contributed by atoms with Crippen LogP contribution in [-0.4, -0.2) is 33.9 Å². The van der Waals surface area contributed by atoms with E-state index in [0.717, 1.165) is 30.3 Å². The summed E-state index contributed by atoms with van der Waals surface area (Å²) in [4.78, 5) is 6.85. The highest BCUT2D eigenvalue weighted by atomic mass is 32.1. The van der Waals surface area contributed by atoms with Gasteiger partial charge in [0.1, 0.15) is 10.8 Å². The van der Waals surface area contributed by atoms with E-state index in [9.17, 15) is 0 Å². The predicted molar refractivity (Wildman–Crippen MR) is 59.4 cm³/mol. The van der Waals surface area contributed by atoms with E-state index in [2.05, 4.69) is 27.3 Å². The van der Waals surface area contributed by atoms with Crippen LogP contribution < -0.4 is 0 Å². The van der Waals surface area contributed by atoms with Crippen molar-refractivity contribution in [1.82, 2.24) is 14.3 Å². The van der Waals surface area contributed by atoms with E-state index in [4.69, 9.17) is 0 Å². The molecule has 0 spiro atoms. The van der Waals surface area contributed by atoms with Gasteiger partial charge in [0.2, 0.25) is 0 Å². The Morgan fingerprint density at radius 3 is 3.07 bits per heavy atom. The molecule has 0 aliphatic carbocycles. The first-order valence-electron chi connectivity index (χ1n) is 5.01. The van der Waals surface area contributed by atoms with Crippen LogP contribution in [0.3, 0.4) is 0 Å². The highest BCUT2D eigenvalue weighted by molar-refractivity contribution is 7.06. The Morgan fingerprint density at radius 2 is 2.43 bits per heavy atom. The van der Waals surface area contributed by atoms with Crippen molar-refractivity contribution in [1.29, 1.82) is 0 Å². The highest BCUT2D eigenvalue weighted by Crippen LogP contribution is 2.21. The molecule has 2 heterocycles. The van der Waals surface area contributed by atoms with E-state index in [1.807, 2.05) is 6.92 Å². The Bertz CT molecular complexity index is 343. The molecule has 0 aromatic carbocycles. The van der Waals surface area contributed by atoms with Crippen molar-refractivity contribution in [2.75, 3.05) is 19.6 Å². The molecule has 1 aliphatic rings. The Kier molecular flexibility index (Phi) is 2.93. The number of likely N-dealkylation sites (N-methyl/N-ethyl adjacent to an activating group) is 1. The van der Waals surface area contributed by atoms with Gasteiger partial charge in [-0.2, -0.15) is 4.37 Å². The molecule has 3 nitrogen and oxygen atoms in total. The van der Waals surface area contributed by atoms with Crippen LogP contribution in [0.25, 0.3) is 5.57 Å². The summed E-state index contributed by atoms with van der Waals surface area (Å²) < 4.78 is 4.21. The van der Waals surface area contributed by atoms with Crippen LogP contribution >= 0.6 is 11.5 Å². The van der Waals surface area contributed by atoms with Gasteiger partial charge in [0.05, 0.1) is 0 Å². The van der Waals surface area contributed by atoms with E-state index < -0.39 is 0 Å². The molecule has 0 fully saturated rings. The van der Waals surface area contributed by atoms with Gasteiger partial charge < -0.3 is 0 Å². The summed E-state index contributed by atoms with van der Waals surface area (Å²) in [5.74, 6) is 0.888. The first-order chi connectivity index (χ1) is 6.79. The first kappa shape index (κ1) is 9.80. The van der Waals surface area contributed by atoms with E-state index in [1.165, 1.54) is 23.7 Å². The lowest BCUT2D eigenvalue weighted by Gasteiger charge is -2.24. The van der Waals surface area contributed by atoms with Gasteiger partial charge in [-0.25, -0.2) is 4.98 Å². The summed E-state index contributed by atoms with van der Waals surface area (Å²) in [5.41, 5.74) is 1.35. The summed E-state index contributed by atoms with van der Waals surface area (Å²) in [5, 5.41) is 1.10. The first-order valence-corrected chi connectivity index (χ1v) is 5.79. The zero-order valence-electron chi connectivity index (χ0n) is 8.66. The van der Waals surface area contributed by atoms with Crippen LogP contribution in [0.5, 0.6) is 0 Å². The molecule has 0 atom stereocenters. The van der Waals surface area contributed by atoms with Crippen LogP contribution in [0.15, 0.2) is 6.08 Å². The number of rotatable bonds is 2. The molecule has 14 heavy (non-hydrogen) atoms. The van der Waals surface area contributed by atoms with Gasteiger partial charge in [-0.15, -0.1) is 0 Å². The molecule has 1 aliphatic heterocycles. The fourth-order valence-electron chi connectivity index (χ4n) is 1.66. The maximum Gasteiger partial charge on any atom is 0.140 e. The molecule has 0 saturated carbocycles. The van der Waals surface area contributed by atoms with E-state index in [1.54, 1.807) is 0 Å². The second-order valence-electron chi connectivity index (χ2n) is 3.53. The molecule has 1 aromatic rings. The Balaban J connectivity index is 2.15. The van der Waals surface area contributed by atoms with Gasteiger partial charge in [0.25, 0.3) is 0 Å². The fourth-order valence-corrected chi connectivity index (χ4v) is 2.36. The average molecular weight is 209 g/mol. The molecule has 76 valence electrons. The van der Waals surface area contributed by atoms with Crippen molar-refractivity contribution < 1.29 is 0 Å². The summed E-state index contributed by atoms with van der Waals surface area (Å²) in [6.07, 6.45) is 3.44. The minimum absolute atomic E-state index is 0.888. The lowest BCUT2D eigenvalue weighted by molar-refractivity contribution is 0.321. The Labute approximate surface area is 88.6 Å². The molecular weight excluding hydrogens is 194 g/mol. The lowest BCUT2D eigenvalue weighted by atomic mass is 10.1. The van der Waals surface area contributed by atoms with Crippen LogP contribution in [0.4, 0.5) is 0 Å².